The lowest BCUT2D eigenvalue weighted by Crippen LogP contribution is -1.94. The molecule has 0 aliphatic carbocycles. The highest BCUT2D eigenvalue weighted by molar-refractivity contribution is 6.30. The molecular formula is C14H11ClN2O2. The molecule has 0 saturated carbocycles. The van der Waals surface area contributed by atoms with Crippen molar-refractivity contribution in [2.75, 3.05) is 11.4 Å². The summed E-state index contributed by atoms with van der Waals surface area (Å²) in [6.45, 7) is 0.930. The van der Waals surface area contributed by atoms with E-state index in [1.807, 2.05) is 36.4 Å². The molecular weight excluding hydrogens is 264 g/mol. The fourth-order valence-electron chi connectivity index (χ4n) is 2.16. The van der Waals surface area contributed by atoms with Crippen molar-refractivity contribution >= 4 is 23.0 Å². The number of rotatable bonds is 3. The van der Waals surface area contributed by atoms with Crippen molar-refractivity contribution in [3.63, 3.8) is 0 Å². The summed E-state index contributed by atoms with van der Waals surface area (Å²) < 4.78 is 0. The Hall–Kier alpha value is -2.07. The van der Waals surface area contributed by atoms with Crippen LogP contribution in [0.15, 0.2) is 48.5 Å². The molecule has 0 N–H and O–H groups in total. The standard InChI is InChI=1S/C14H11ClN2O2/c15-11-3-7-12(8-4-11)16-9-14(16)10-1-5-13(6-2-10)17(18)19/h1-8,14H,9H2. The van der Waals surface area contributed by atoms with Crippen LogP contribution in [0.25, 0.3) is 0 Å². The van der Waals surface area contributed by atoms with Gasteiger partial charge in [-0.3, -0.25) is 10.1 Å². The summed E-state index contributed by atoms with van der Waals surface area (Å²) in [5.74, 6) is 0. The minimum absolute atomic E-state index is 0.127. The molecule has 1 aliphatic rings. The molecule has 1 unspecified atom stereocenters. The van der Waals surface area contributed by atoms with Gasteiger partial charge in [0, 0.05) is 29.4 Å². The Bertz CT molecular complexity index is 610. The minimum Gasteiger partial charge on any atom is -0.360 e. The van der Waals surface area contributed by atoms with E-state index in [1.165, 1.54) is 0 Å². The molecule has 0 radical (unpaired) electrons. The molecule has 3 rings (SSSR count). The summed E-state index contributed by atoms with van der Waals surface area (Å²) in [5.41, 5.74) is 2.34. The molecule has 0 spiro atoms. The van der Waals surface area contributed by atoms with E-state index in [0.717, 1.165) is 22.8 Å². The van der Waals surface area contributed by atoms with Crippen LogP contribution in [-0.2, 0) is 0 Å². The fourth-order valence-corrected chi connectivity index (χ4v) is 2.29. The van der Waals surface area contributed by atoms with Crippen molar-refractivity contribution in [2.45, 2.75) is 6.04 Å². The predicted molar refractivity (Wildman–Crippen MR) is 74.6 cm³/mol. The SMILES string of the molecule is O=[N+]([O-])c1ccc(C2CN2c2ccc(Cl)cc2)cc1. The monoisotopic (exact) mass is 274 g/mol. The topological polar surface area (TPSA) is 46.1 Å². The zero-order valence-electron chi connectivity index (χ0n) is 9.99. The highest BCUT2D eigenvalue weighted by Crippen LogP contribution is 2.40. The van der Waals surface area contributed by atoms with Gasteiger partial charge in [0.05, 0.1) is 11.0 Å². The van der Waals surface area contributed by atoms with Crippen molar-refractivity contribution in [3.8, 4) is 0 Å². The van der Waals surface area contributed by atoms with Gasteiger partial charge in [0.2, 0.25) is 0 Å². The molecule has 5 heteroatoms. The van der Waals surface area contributed by atoms with Gasteiger partial charge in [-0.1, -0.05) is 23.7 Å². The third-order valence-corrected chi connectivity index (χ3v) is 3.51. The second kappa shape index (κ2) is 4.55. The summed E-state index contributed by atoms with van der Waals surface area (Å²) in [7, 11) is 0. The average molecular weight is 275 g/mol. The van der Waals surface area contributed by atoms with E-state index < -0.39 is 0 Å². The van der Waals surface area contributed by atoms with Crippen LogP contribution in [0.1, 0.15) is 11.6 Å². The van der Waals surface area contributed by atoms with E-state index in [9.17, 15) is 10.1 Å². The van der Waals surface area contributed by atoms with Crippen LogP contribution >= 0.6 is 11.6 Å². The van der Waals surface area contributed by atoms with Gasteiger partial charge >= 0.3 is 0 Å². The van der Waals surface area contributed by atoms with E-state index in [-0.39, 0.29) is 10.6 Å². The van der Waals surface area contributed by atoms with Crippen LogP contribution in [-0.4, -0.2) is 11.5 Å². The first-order chi connectivity index (χ1) is 9.15. The first kappa shape index (κ1) is 12.0. The van der Waals surface area contributed by atoms with E-state index in [1.54, 1.807) is 12.1 Å². The first-order valence-corrected chi connectivity index (χ1v) is 6.29. The van der Waals surface area contributed by atoms with Gasteiger partial charge in [-0.2, -0.15) is 0 Å². The quantitative estimate of drug-likeness (QED) is 0.486. The number of hydrogen-bond acceptors (Lipinski definition) is 3. The van der Waals surface area contributed by atoms with E-state index >= 15 is 0 Å². The maximum Gasteiger partial charge on any atom is 0.269 e. The average Bonchev–Trinajstić information content (AvgIpc) is 3.20. The second-order valence-electron chi connectivity index (χ2n) is 4.49. The summed E-state index contributed by atoms with van der Waals surface area (Å²) >= 11 is 5.85. The molecule has 1 aliphatic heterocycles. The predicted octanol–water partition coefficient (Wildman–Crippen LogP) is 3.81. The summed E-state index contributed by atoms with van der Waals surface area (Å²) in [4.78, 5) is 12.4. The molecule has 2 aromatic rings. The Kier molecular flexibility index (Phi) is 2.87. The zero-order valence-corrected chi connectivity index (χ0v) is 10.7. The van der Waals surface area contributed by atoms with Crippen LogP contribution in [0.2, 0.25) is 5.02 Å². The Morgan fingerprint density at radius 3 is 2.32 bits per heavy atom. The maximum atomic E-state index is 10.6. The Morgan fingerprint density at radius 2 is 1.74 bits per heavy atom. The van der Waals surface area contributed by atoms with E-state index in [0.29, 0.717) is 6.04 Å². The van der Waals surface area contributed by atoms with Gasteiger partial charge in [-0.25, -0.2) is 0 Å². The van der Waals surface area contributed by atoms with Gasteiger partial charge < -0.3 is 4.90 Å². The fraction of sp³-hybridized carbons (Fsp3) is 0.143. The van der Waals surface area contributed by atoms with Gasteiger partial charge in [0.25, 0.3) is 5.69 Å². The number of halogens is 1. The minimum atomic E-state index is -0.381. The van der Waals surface area contributed by atoms with Crippen molar-refractivity contribution < 1.29 is 4.92 Å². The molecule has 1 heterocycles. The summed E-state index contributed by atoms with van der Waals surface area (Å²) in [6, 6.07) is 14.7. The third kappa shape index (κ3) is 2.39. The van der Waals surface area contributed by atoms with Crippen LogP contribution < -0.4 is 4.90 Å². The van der Waals surface area contributed by atoms with E-state index in [2.05, 4.69) is 4.90 Å². The van der Waals surface area contributed by atoms with Gasteiger partial charge in [-0.05, 0) is 29.8 Å². The highest BCUT2D eigenvalue weighted by Gasteiger charge is 2.35. The van der Waals surface area contributed by atoms with Crippen LogP contribution in [0.5, 0.6) is 0 Å². The van der Waals surface area contributed by atoms with Gasteiger partial charge in [0.15, 0.2) is 0 Å². The summed E-state index contributed by atoms with van der Waals surface area (Å²) in [5, 5.41) is 11.3. The zero-order chi connectivity index (χ0) is 13.4. The highest BCUT2D eigenvalue weighted by atomic mass is 35.5. The molecule has 1 atom stereocenters. The Morgan fingerprint density at radius 1 is 1.11 bits per heavy atom. The lowest BCUT2D eigenvalue weighted by molar-refractivity contribution is -0.384. The Balaban J connectivity index is 1.75. The third-order valence-electron chi connectivity index (χ3n) is 3.26. The first-order valence-electron chi connectivity index (χ1n) is 5.92. The second-order valence-corrected chi connectivity index (χ2v) is 4.93. The number of hydrogen-bond donors (Lipinski definition) is 0. The molecule has 1 saturated heterocycles. The molecule has 1 fully saturated rings. The van der Waals surface area contributed by atoms with Crippen LogP contribution in [0.3, 0.4) is 0 Å². The largest absolute Gasteiger partial charge is 0.360 e. The van der Waals surface area contributed by atoms with E-state index in [4.69, 9.17) is 11.6 Å². The van der Waals surface area contributed by atoms with Crippen LogP contribution in [0.4, 0.5) is 11.4 Å². The molecule has 0 bridgehead atoms. The van der Waals surface area contributed by atoms with Crippen molar-refractivity contribution in [1.29, 1.82) is 0 Å². The van der Waals surface area contributed by atoms with Crippen LogP contribution in [0, 0.1) is 10.1 Å². The van der Waals surface area contributed by atoms with Gasteiger partial charge in [-0.15, -0.1) is 0 Å². The molecule has 19 heavy (non-hydrogen) atoms. The maximum absolute atomic E-state index is 10.6. The lowest BCUT2D eigenvalue weighted by atomic mass is 10.1. The number of nitro groups is 1. The molecule has 4 nitrogen and oxygen atoms in total. The number of non-ortho nitro benzene ring substituents is 1. The smallest absolute Gasteiger partial charge is 0.269 e. The number of benzene rings is 2. The molecule has 2 aromatic carbocycles. The molecule has 0 amide bonds. The lowest BCUT2D eigenvalue weighted by Gasteiger charge is -2.05. The summed E-state index contributed by atoms with van der Waals surface area (Å²) in [6.07, 6.45) is 0. The number of nitrogens with zero attached hydrogens (tertiary/aromatic N) is 2. The number of nitro benzene ring substituents is 1. The normalized spacial score (nSPS) is 17.3. The van der Waals surface area contributed by atoms with Crippen molar-refractivity contribution in [1.82, 2.24) is 0 Å². The number of anilines is 1. The van der Waals surface area contributed by atoms with Crippen molar-refractivity contribution in [3.05, 3.63) is 69.2 Å². The molecule has 96 valence electrons. The van der Waals surface area contributed by atoms with Gasteiger partial charge in [0.1, 0.15) is 0 Å². The molecule has 0 aromatic heterocycles. The Labute approximate surface area is 115 Å². The van der Waals surface area contributed by atoms with Crippen molar-refractivity contribution in [2.24, 2.45) is 0 Å².